The third-order valence-corrected chi connectivity index (χ3v) is 3.09. The lowest BCUT2D eigenvalue weighted by molar-refractivity contribution is 0.0993. The van der Waals surface area contributed by atoms with Crippen LogP contribution in [0.3, 0.4) is 0 Å². The molecule has 2 heteroatoms. The zero-order valence-corrected chi connectivity index (χ0v) is 10.5. The van der Waals surface area contributed by atoms with Gasteiger partial charge in [0.05, 0.1) is 0 Å². The molecule has 0 amide bonds. The van der Waals surface area contributed by atoms with E-state index in [4.69, 9.17) is 5.73 Å². The van der Waals surface area contributed by atoms with Crippen LogP contribution < -0.4 is 5.73 Å². The summed E-state index contributed by atoms with van der Waals surface area (Å²) in [5.74, 6) is 0.107. The van der Waals surface area contributed by atoms with Gasteiger partial charge in [0.2, 0.25) is 0 Å². The molecular formula is C16H17NO. The average Bonchev–Trinajstić information content (AvgIpc) is 2.41. The van der Waals surface area contributed by atoms with Gasteiger partial charge in [-0.25, -0.2) is 0 Å². The predicted molar refractivity (Wildman–Crippen MR) is 74.7 cm³/mol. The van der Waals surface area contributed by atoms with Gasteiger partial charge >= 0.3 is 0 Å². The maximum absolute atomic E-state index is 12.1. The van der Waals surface area contributed by atoms with Gasteiger partial charge in [-0.2, -0.15) is 0 Å². The molecule has 0 aliphatic rings. The van der Waals surface area contributed by atoms with Crippen molar-refractivity contribution in [2.24, 2.45) is 0 Å². The molecule has 2 aromatic carbocycles. The second-order valence-electron chi connectivity index (χ2n) is 4.35. The second-order valence-corrected chi connectivity index (χ2v) is 4.35. The fourth-order valence-corrected chi connectivity index (χ4v) is 1.90. The summed E-state index contributed by atoms with van der Waals surface area (Å²) in [5, 5.41) is 0. The number of carbonyl (C=O) groups excluding carboxylic acids is 1. The minimum Gasteiger partial charge on any atom is -0.398 e. The van der Waals surface area contributed by atoms with Gasteiger partial charge in [0.15, 0.2) is 5.78 Å². The van der Waals surface area contributed by atoms with Gasteiger partial charge in [0, 0.05) is 17.7 Å². The van der Waals surface area contributed by atoms with Crippen LogP contribution in [0.2, 0.25) is 0 Å². The molecule has 0 bridgehead atoms. The molecule has 0 spiro atoms. The van der Waals surface area contributed by atoms with E-state index in [1.54, 1.807) is 0 Å². The third-order valence-electron chi connectivity index (χ3n) is 3.09. The number of hydrogen-bond donors (Lipinski definition) is 1. The van der Waals surface area contributed by atoms with E-state index in [-0.39, 0.29) is 5.78 Å². The Labute approximate surface area is 107 Å². The molecule has 92 valence electrons. The topological polar surface area (TPSA) is 43.1 Å². The highest BCUT2D eigenvalue weighted by Gasteiger charge is 2.08. The van der Waals surface area contributed by atoms with Gasteiger partial charge in [-0.1, -0.05) is 49.4 Å². The molecule has 0 aromatic heterocycles. The van der Waals surface area contributed by atoms with Crippen LogP contribution in [0.15, 0.2) is 48.5 Å². The van der Waals surface area contributed by atoms with Crippen molar-refractivity contribution in [3.8, 4) is 0 Å². The first-order valence-electron chi connectivity index (χ1n) is 6.16. The maximum atomic E-state index is 12.1. The predicted octanol–water partition coefficient (Wildman–Crippen LogP) is 3.26. The fraction of sp³-hybridized carbons (Fsp3) is 0.188. The van der Waals surface area contributed by atoms with Crippen LogP contribution in [0.1, 0.15) is 28.4 Å². The summed E-state index contributed by atoms with van der Waals surface area (Å²) in [6.45, 7) is 2.10. The largest absolute Gasteiger partial charge is 0.398 e. The molecular weight excluding hydrogens is 222 g/mol. The van der Waals surface area contributed by atoms with E-state index in [9.17, 15) is 4.79 Å². The van der Waals surface area contributed by atoms with E-state index >= 15 is 0 Å². The number of hydrogen-bond acceptors (Lipinski definition) is 2. The lowest BCUT2D eigenvalue weighted by Gasteiger charge is -2.05. The van der Waals surface area contributed by atoms with Crippen molar-refractivity contribution in [1.29, 1.82) is 0 Å². The zero-order valence-electron chi connectivity index (χ0n) is 10.5. The molecule has 2 rings (SSSR count). The van der Waals surface area contributed by atoms with Gasteiger partial charge in [0.1, 0.15) is 0 Å². The van der Waals surface area contributed by atoms with Crippen molar-refractivity contribution >= 4 is 11.5 Å². The molecule has 0 aliphatic heterocycles. The van der Waals surface area contributed by atoms with Gasteiger partial charge in [-0.3, -0.25) is 4.79 Å². The summed E-state index contributed by atoms with van der Waals surface area (Å²) in [6, 6.07) is 15.3. The Balaban J connectivity index is 2.14. The third kappa shape index (κ3) is 2.77. The molecule has 0 saturated carbocycles. The molecule has 0 atom stereocenters. The number of benzene rings is 2. The molecule has 0 unspecified atom stereocenters. The standard InChI is InChI=1S/C16H17NO/c1-2-12-7-9-13(10-8-12)16(18)11-14-5-3-4-6-15(14)17/h3-10H,2,11,17H2,1H3. The summed E-state index contributed by atoms with van der Waals surface area (Å²) in [5.41, 5.74) is 9.40. The van der Waals surface area contributed by atoms with Crippen LogP contribution in [0.5, 0.6) is 0 Å². The Hall–Kier alpha value is -2.09. The number of Topliss-reactive ketones (excluding diaryl/α,β-unsaturated/α-hetero) is 1. The first-order chi connectivity index (χ1) is 8.70. The molecule has 0 aliphatic carbocycles. The number of ketones is 1. The highest BCUT2D eigenvalue weighted by Crippen LogP contribution is 2.14. The van der Waals surface area contributed by atoms with Crippen molar-refractivity contribution in [3.63, 3.8) is 0 Å². The normalized spacial score (nSPS) is 10.3. The molecule has 0 radical (unpaired) electrons. The summed E-state index contributed by atoms with van der Waals surface area (Å²) >= 11 is 0. The highest BCUT2D eigenvalue weighted by molar-refractivity contribution is 5.98. The van der Waals surface area contributed by atoms with E-state index in [1.807, 2.05) is 48.5 Å². The van der Waals surface area contributed by atoms with Crippen molar-refractivity contribution in [2.45, 2.75) is 19.8 Å². The van der Waals surface area contributed by atoms with Crippen LogP contribution in [-0.4, -0.2) is 5.78 Å². The van der Waals surface area contributed by atoms with Crippen LogP contribution in [0.25, 0.3) is 0 Å². The lowest BCUT2D eigenvalue weighted by atomic mass is 10.0. The molecule has 0 fully saturated rings. The van der Waals surface area contributed by atoms with Crippen molar-refractivity contribution in [1.82, 2.24) is 0 Å². The van der Waals surface area contributed by atoms with Crippen LogP contribution in [-0.2, 0) is 12.8 Å². The molecule has 2 nitrogen and oxygen atoms in total. The Kier molecular flexibility index (Phi) is 3.78. The van der Waals surface area contributed by atoms with E-state index < -0.39 is 0 Å². The summed E-state index contributed by atoms with van der Waals surface area (Å²) in [6.07, 6.45) is 1.35. The van der Waals surface area contributed by atoms with E-state index in [2.05, 4.69) is 6.92 Å². The van der Waals surface area contributed by atoms with Crippen LogP contribution in [0, 0.1) is 0 Å². The van der Waals surface area contributed by atoms with E-state index in [0.717, 1.165) is 17.5 Å². The zero-order chi connectivity index (χ0) is 13.0. The Morgan fingerprint density at radius 2 is 1.72 bits per heavy atom. The average molecular weight is 239 g/mol. The smallest absolute Gasteiger partial charge is 0.167 e. The van der Waals surface area contributed by atoms with Crippen molar-refractivity contribution in [3.05, 3.63) is 65.2 Å². The summed E-state index contributed by atoms with van der Waals surface area (Å²) < 4.78 is 0. The number of carbonyl (C=O) groups is 1. The first-order valence-corrected chi connectivity index (χ1v) is 6.16. The lowest BCUT2D eigenvalue weighted by Crippen LogP contribution is -2.05. The number of rotatable bonds is 4. The van der Waals surface area contributed by atoms with Crippen LogP contribution >= 0.6 is 0 Å². The fourth-order valence-electron chi connectivity index (χ4n) is 1.90. The van der Waals surface area contributed by atoms with Crippen molar-refractivity contribution < 1.29 is 4.79 Å². The molecule has 18 heavy (non-hydrogen) atoms. The van der Waals surface area contributed by atoms with Crippen molar-refractivity contribution in [2.75, 3.05) is 5.73 Å². The van der Waals surface area contributed by atoms with E-state index in [1.165, 1.54) is 5.56 Å². The monoisotopic (exact) mass is 239 g/mol. The minimum absolute atomic E-state index is 0.107. The van der Waals surface area contributed by atoms with Crippen LogP contribution in [0.4, 0.5) is 5.69 Å². The number of nitrogen functional groups attached to an aromatic ring is 1. The second kappa shape index (κ2) is 5.50. The first kappa shape index (κ1) is 12.4. The Bertz CT molecular complexity index is 543. The summed E-state index contributed by atoms with van der Waals surface area (Å²) in [7, 11) is 0. The van der Waals surface area contributed by atoms with Gasteiger partial charge in [-0.15, -0.1) is 0 Å². The van der Waals surface area contributed by atoms with E-state index in [0.29, 0.717) is 12.1 Å². The Morgan fingerprint density at radius 1 is 1.06 bits per heavy atom. The number of anilines is 1. The van der Waals surface area contributed by atoms with Gasteiger partial charge in [0.25, 0.3) is 0 Å². The quantitative estimate of drug-likeness (QED) is 0.657. The summed E-state index contributed by atoms with van der Waals surface area (Å²) in [4.78, 5) is 12.1. The SMILES string of the molecule is CCc1ccc(C(=O)Cc2ccccc2N)cc1. The molecule has 2 N–H and O–H groups in total. The highest BCUT2D eigenvalue weighted by atomic mass is 16.1. The van der Waals surface area contributed by atoms with Gasteiger partial charge < -0.3 is 5.73 Å². The Morgan fingerprint density at radius 3 is 2.33 bits per heavy atom. The van der Waals surface area contributed by atoms with Gasteiger partial charge in [-0.05, 0) is 23.6 Å². The molecule has 0 heterocycles. The molecule has 2 aromatic rings. The number of para-hydroxylation sites is 1. The minimum atomic E-state index is 0.107. The maximum Gasteiger partial charge on any atom is 0.167 e. The number of aryl methyl sites for hydroxylation is 1. The molecule has 0 saturated heterocycles. The number of nitrogens with two attached hydrogens (primary N) is 1.